The number of amides is 1. The zero-order chi connectivity index (χ0) is 22.9. The highest BCUT2D eigenvalue weighted by molar-refractivity contribution is 7.00. The summed E-state index contributed by atoms with van der Waals surface area (Å²) in [4.78, 5) is 21.1. The normalized spacial score (nSPS) is 11.0. The molecule has 0 bridgehead atoms. The van der Waals surface area contributed by atoms with Crippen molar-refractivity contribution in [3.8, 4) is 17.4 Å². The van der Waals surface area contributed by atoms with Crippen molar-refractivity contribution in [3.05, 3.63) is 77.4 Å². The monoisotopic (exact) mass is 457 g/mol. The highest BCUT2D eigenvalue weighted by Gasteiger charge is 2.12. The van der Waals surface area contributed by atoms with Gasteiger partial charge < -0.3 is 10.1 Å². The summed E-state index contributed by atoms with van der Waals surface area (Å²) in [6.45, 7) is 5.99. The number of ether oxygens (including phenoxy) is 1. The fourth-order valence-corrected chi connectivity index (χ4v) is 3.82. The van der Waals surface area contributed by atoms with Gasteiger partial charge in [-0.3, -0.25) is 4.79 Å². The van der Waals surface area contributed by atoms with Crippen LogP contribution in [0.1, 0.15) is 27.3 Å². The molecule has 3 heterocycles. The molecule has 0 atom stereocenters. The Morgan fingerprint density at radius 2 is 1.76 bits per heavy atom. The van der Waals surface area contributed by atoms with E-state index in [4.69, 9.17) is 4.74 Å². The molecule has 0 aliphatic carbocycles. The summed E-state index contributed by atoms with van der Waals surface area (Å²) >= 11 is 1.12. The number of nitrogens with zero attached hydrogens (tertiary/aromatic N) is 6. The van der Waals surface area contributed by atoms with Gasteiger partial charge in [-0.1, -0.05) is 0 Å². The first-order valence-corrected chi connectivity index (χ1v) is 10.9. The Bertz CT molecular complexity index is 1470. The Labute approximate surface area is 193 Å². The minimum atomic E-state index is -0.223. The molecule has 1 amide bonds. The molecule has 0 saturated carbocycles. The van der Waals surface area contributed by atoms with E-state index in [0.29, 0.717) is 34.2 Å². The number of aromatic nitrogens is 6. The molecule has 0 spiro atoms. The fourth-order valence-electron chi connectivity index (χ4n) is 3.30. The molecule has 33 heavy (non-hydrogen) atoms. The third kappa shape index (κ3) is 4.15. The Balaban J connectivity index is 1.29. The molecule has 9 nitrogen and oxygen atoms in total. The van der Waals surface area contributed by atoms with Crippen molar-refractivity contribution in [1.29, 1.82) is 0 Å². The van der Waals surface area contributed by atoms with E-state index in [0.717, 1.165) is 34.2 Å². The van der Waals surface area contributed by atoms with Crippen molar-refractivity contribution in [2.24, 2.45) is 0 Å². The Morgan fingerprint density at radius 1 is 0.970 bits per heavy atom. The van der Waals surface area contributed by atoms with Gasteiger partial charge in [-0.2, -0.15) is 13.8 Å². The lowest BCUT2D eigenvalue weighted by Crippen LogP contribution is -2.11. The first-order chi connectivity index (χ1) is 16.0. The minimum Gasteiger partial charge on any atom is -0.439 e. The lowest BCUT2D eigenvalue weighted by Gasteiger charge is -2.09. The molecule has 0 aliphatic heterocycles. The maximum absolute atomic E-state index is 12.6. The summed E-state index contributed by atoms with van der Waals surface area (Å²) in [5, 5.41) is 7.40. The lowest BCUT2D eigenvalue weighted by atomic mass is 10.2. The van der Waals surface area contributed by atoms with Crippen LogP contribution in [0.25, 0.3) is 16.9 Å². The molecule has 5 rings (SSSR count). The van der Waals surface area contributed by atoms with Crippen molar-refractivity contribution in [1.82, 2.24) is 28.5 Å². The average molecular weight is 458 g/mol. The Hall–Kier alpha value is -4.18. The molecule has 0 radical (unpaired) electrons. The number of anilines is 1. The molecule has 2 aromatic carbocycles. The molecule has 0 aliphatic rings. The highest BCUT2D eigenvalue weighted by atomic mass is 32.1. The van der Waals surface area contributed by atoms with Crippen molar-refractivity contribution in [3.63, 3.8) is 0 Å². The zero-order valence-electron chi connectivity index (χ0n) is 18.1. The maximum atomic E-state index is 12.6. The van der Waals surface area contributed by atoms with Crippen LogP contribution in [-0.2, 0) is 0 Å². The first-order valence-electron chi connectivity index (χ1n) is 10.1. The van der Waals surface area contributed by atoms with E-state index >= 15 is 0 Å². The predicted molar refractivity (Wildman–Crippen MR) is 125 cm³/mol. The third-order valence-electron chi connectivity index (χ3n) is 5.35. The summed E-state index contributed by atoms with van der Waals surface area (Å²) in [7, 11) is 0. The molecule has 164 valence electrons. The van der Waals surface area contributed by atoms with Gasteiger partial charge in [0.05, 0.1) is 17.4 Å². The predicted octanol–water partition coefficient (Wildman–Crippen LogP) is 4.64. The highest BCUT2D eigenvalue weighted by Crippen LogP contribution is 2.24. The van der Waals surface area contributed by atoms with Gasteiger partial charge in [0.15, 0.2) is 5.82 Å². The second kappa shape index (κ2) is 8.40. The summed E-state index contributed by atoms with van der Waals surface area (Å²) in [5.41, 5.74) is 5.73. The van der Waals surface area contributed by atoms with E-state index in [1.54, 1.807) is 53.2 Å². The van der Waals surface area contributed by atoms with Crippen LogP contribution in [0.3, 0.4) is 0 Å². The number of nitrogens with one attached hydrogen (secondary N) is 1. The summed E-state index contributed by atoms with van der Waals surface area (Å²) in [5.74, 6) is 1.38. The largest absolute Gasteiger partial charge is 0.439 e. The van der Waals surface area contributed by atoms with Crippen LogP contribution in [-0.4, -0.2) is 34.4 Å². The van der Waals surface area contributed by atoms with Crippen LogP contribution in [0, 0.1) is 20.8 Å². The van der Waals surface area contributed by atoms with Crippen molar-refractivity contribution < 1.29 is 9.53 Å². The van der Waals surface area contributed by atoms with E-state index in [1.807, 2.05) is 20.8 Å². The van der Waals surface area contributed by atoms with Gasteiger partial charge >= 0.3 is 0 Å². The lowest BCUT2D eigenvalue weighted by molar-refractivity contribution is 0.102. The fraction of sp³-hybridized carbons (Fsp3) is 0.130. The van der Waals surface area contributed by atoms with Crippen LogP contribution in [0.4, 0.5) is 5.69 Å². The van der Waals surface area contributed by atoms with Gasteiger partial charge in [0.25, 0.3) is 5.91 Å². The Kier molecular flexibility index (Phi) is 5.27. The number of aryl methyl sites for hydroxylation is 1. The second-order valence-corrected chi connectivity index (χ2v) is 8.00. The summed E-state index contributed by atoms with van der Waals surface area (Å²) in [6, 6.07) is 14.0. The number of carbonyl (C=O) groups is 1. The van der Waals surface area contributed by atoms with E-state index in [-0.39, 0.29) is 5.91 Å². The number of hydrogen-bond acceptors (Lipinski definition) is 8. The van der Waals surface area contributed by atoms with Crippen LogP contribution < -0.4 is 10.1 Å². The summed E-state index contributed by atoms with van der Waals surface area (Å²) in [6.07, 6.45) is 1.44. The number of fused-ring (bicyclic) bond motifs is 1. The van der Waals surface area contributed by atoms with Crippen LogP contribution >= 0.6 is 11.7 Å². The zero-order valence-corrected chi connectivity index (χ0v) is 18.9. The van der Waals surface area contributed by atoms with Crippen LogP contribution in [0.5, 0.6) is 11.6 Å². The number of rotatable bonds is 5. The third-order valence-corrected chi connectivity index (χ3v) is 5.90. The molecule has 5 aromatic rings. The van der Waals surface area contributed by atoms with Gasteiger partial charge in [-0.15, -0.1) is 0 Å². The molecule has 1 N–H and O–H groups in total. The molecular weight excluding hydrogens is 438 g/mol. The maximum Gasteiger partial charge on any atom is 0.255 e. The minimum absolute atomic E-state index is 0.223. The van der Waals surface area contributed by atoms with Crippen molar-refractivity contribution in [2.75, 3.05) is 5.32 Å². The van der Waals surface area contributed by atoms with E-state index in [9.17, 15) is 4.79 Å². The topological polar surface area (TPSA) is 108 Å². The molecule has 10 heteroatoms. The Morgan fingerprint density at radius 3 is 2.52 bits per heavy atom. The average Bonchev–Trinajstić information content (AvgIpc) is 3.40. The smallest absolute Gasteiger partial charge is 0.255 e. The standard InChI is InChI=1S/C23H19N7O2S/c1-13-14(2)27-30(15(13)3)21-11-22(25-12-24-21)32-18-7-5-17(6-8-18)26-23(31)16-4-9-19-20(10-16)29-33-28-19/h4-12H,1-3H3,(H,26,31). The first kappa shape index (κ1) is 20.7. The van der Waals surface area contributed by atoms with Gasteiger partial charge in [0.1, 0.15) is 23.1 Å². The number of hydrogen-bond donors (Lipinski definition) is 1. The molecule has 0 fully saturated rings. The van der Waals surface area contributed by atoms with Gasteiger partial charge in [-0.05, 0) is 68.8 Å². The quantitative estimate of drug-likeness (QED) is 0.410. The van der Waals surface area contributed by atoms with Crippen molar-refractivity contribution in [2.45, 2.75) is 20.8 Å². The van der Waals surface area contributed by atoms with E-state index < -0.39 is 0 Å². The second-order valence-electron chi connectivity index (χ2n) is 7.47. The van der Waals surface area contributed by atoms with Gasteiger partial charge in [-0.25, -0.2) is 14.6 Å². The van der Waals surface area contributed by atoms with Crippen LogP contribution in [0.15, 0.2) is 54.9 Å². The summed E-state index contributed by atoms with van der Waals surface area (Å²) < 4.78 is 16.0. The van der Waals surface area contributed by atoms with Gasteiger partial charge in [0.2, 0.25) is 5.88 Å². The number of carbonyl (C=O) groups excluding carboxylic acids is 1. The van der Waals surface area contributed by atoms with Crippen LogP contribution in [0.2, 0.25) is 0 Å². The van der Waals surface area contributed by atoms with E-state index in [2.05, 4.69) is 29.1 Å². The number of benzene rings is 2. The molecule has 0 unspecified atom stereocenters. The SMILES string of the molecule is Cc1nn(-c2cc(Oc3ccc(NC(=O)c4ccc5nsnc5c4)cc3)ncn2)c(C)c1C. The van der Waals surface area contributed by atoms with E-state index in [1.165, 1.54) is 6.33 Å². The van der Waals surface area contributed by atoms with Gasteiger partial charge in [0, 0.05) is 23.0 Å². The molecule has 3 aromatic heterocycles. The molecule has 0 saturated heterocycles. The van der Waals surface area contributed by atoms with Crippen molar-refractivity contribution >= 4 is 34.4 Å². The molecular formula is C23H19N7O2S.